The Balaban J connectivity index is 1.36. The van der Waals surface area contributed by atoms with E-state index in [4.69, 9.17) is 19.9 Å². The first kappa shape index (κ1) is 25.1. The summed E-state index contributed by atoms with van der Waals surface area (Å²) in [5, 5.41) is 2.52. The first-order valence-corrected chi connectivity index (χ1v) is 15.2. The SMILES string of the molecule is CC(C)(C)[Si](OCC1CCC(c2nc(Br)c3c(N)nccn23)CO1)(c1ccccc1)c1ccccc1. The summed E-state index contributed by atoms with van der Waals surface area (Å²) in [5.74, 6) is 1.61. The summed E-state index contributed by atoms with van der Waals surface area (Å²) in [6.45, 7) is 8.09. The van der Waals surface area contributed by atoms with Gasteiger partial charge in [-0.3, -0.25) is 4.40 Å². The van der Waals surface area contributed by atoms with Crippen LogP contribution >= 0.6 is 15.9 Å². The molecular weight excluding hydrogens is 532 g/mol. The van der Waals surface area contributed by atoms with Crippen molar-refractivity contribution in [3.63, 3.8) is 0 Å². The summed E-state index contributed by atoms with van der Waals surface area (Å²) in [7, 11) is -2.58. The van der Waals surface area contributed by atoms with E-state index in [0.29, 0.717) is 19.0 Å². The summed E-state index contributed by atoms with van der Waals surface area (Å²) in [6, 6.07) is 21.5. The van der Waals surface area contributed by atoms with Crippen molar-refractivity contribution in [1.82, 2.24) is 14.4 Å². The van der Waals surface area contributed by atoms with E-state index < -0.39 is 8.32 Å². The highest BCUT2D eigenvalue weighted by atomic mass is 79.9. The molecule has 0 amide bonds. The molecule has 2 atom stereocenters. The molecule has 8 heteroatoms. The molecule has 5 rings (SSSR count). The van der Waals surface area contributed by atoms with E-state index in [2.05, 4.69) is 102 Å². The molecule has 2 aromatic carbocycles. The number of rotatable bonds is 6. The highest BCUT2D eigenvalue weighted by Crippen LogP contribution is 2.38. The number of nitrogens with zero attached hydrogens (tertiary/aromatic N) is 3. The Morgan fingerprint density at radius 3 is 2.25 bits per heavy atom. The Labute approximate surface area is 222 Å². The molecule has 188 valence electrons. The highest BCUT2D eigenvalue weighted by Gasteiger charge is 2.50. The average Bonchev–Trinajstić information content (AvgIpc) is 3.23. The molecule has 2 aromatic heterocycles. The van der Waals surface area contributed by atoms with Crippen LogP contribution in [0.2, 0.25) is 5.04 Å². The maximum Gasteiger partial charge on any atom is 0.261 e. The minimum atomic E-state index is -2.58. The molecule has 0 radical (unpaired) electrons. The maximum atomic E-state index is 7.10. The van der Waals surface area contributed by atoms with Gasteiger partial charge in [-0.25, -0.2) is 9.97 Å². The van der Waals surface area contributed by atoms with Gasteiger partial charge in [0.15, 0.2) is 5.82 Å². The second-order valence-electron chi connectivity index (χ2n) is 10.5. The molecule has 1 saturated heterocycles. The number of aromatic nitrogens is 3. The van der Waals surface area contributed by atoms with E-state index in [1.165, 1.54) is 10.4 Å². The van der Waals surface area contributed by atoms with Gasteiger partial charge in [-0.15, -0.1) is 0 Å². The van der Waals surface area contributed by atoms with Crippen LogP contribution in [0.3, 0.4) is 0 Å². The third kappa shape index (κ3) is 4.51. The molecule has 4 aromatic rings. The van der Waals surface area contributed by atoms with Gasteiger partial charge in [0.1, 0.15) is 15.9 Å². The van der Waals surface area contributed by atoms with Gasteiger partial charge in [0, 0.05) is 18.3 Å². The molecule has 1 aliphatic heterocycles. The number of hydrogen-bond acceptors (Lipinski definition) is 5. The number of nitrogen functional groups attached to an aromatic ring is 1. The van der Waals surface area contributed by atoms with Crippen molar-refractivity contribution in [2.45, 2.75) is 50.7 Å². The number of ether oxygens (including phenoxy) is 1. The predicted molar refractivity (Wildman–Crippen MR) is 150 cm³/mol. The Bertz CT molecular complexity index is 1280. The predicted octanol–water partition coefficient (Wildman–Crippen LogP) is 4.91. The lowest BCUT2D eigenvalue weighted by molar-refractivity contribution is -0.0245. The number of nitrogens with two attached hydrogens (primary N) is 1. The van der Waals surface area contributed by atoms with Gasteiger partial charge in [-0.05, 0) is 44.2 Å². The van der Waals surface area contributed by atoms with E-state index in [1.807, 2.05) is 10.6 Å². The third-order valence-electron chi connectivity index (χ3n) is 7.21. The molecular formula is C28H33BrN4O2Si. The summed E-state index contributed by atoms with van der Waals surface area (Å²) < 4.78 is 16.2. The van der Waals surface area contributed by atoms with Crippen LogP contribution in [0.1, 0.15) is 45.4 Å². The van der Waals surface area contributed by atoms with Crippen molar-refractivity contribution in [2.24, 2.45) is 0 Å². The zero-order valence-corrected chi connectivity index (χ0v) is 23.6. The van der Waals surface area contributed by atoms with Gasteiger partial charge >= 0.3 is 0 Å². The summed E-state index contributed by atoms with van der Waals surface area (Å²) in [4.78, 5) is 8.95. The quantitative estimate of drug-likeness (QED) is 0.336. The van der Waals surface area contributed by atoms with Gasteiger partial charge in [0.05, 0.1) is 19.3 Å². The number of fused-ring (bicyclic) bond motifs is 1. The van der Waals surface area contributed by atoms with Crippen molar-refractivity contribution in [1.29, 1.82) is 0 Å². The molecule has 1 fully saturated rings. The highest BCUT2D eigenvalue weighted by molar-refractivity contribution is 9.10. The average molecular weight is 566 g/mol. The lowest BCUT2D eigenvalue weighted by atomic mass is 9.98. The molecule has 0 aliphatic carbocycles. The minimum Gasteiger partial charge on any atom is -0.405 e. The van der Waals surface area contributed by atoms with Crippen molar-refractivity contribution in [2.75, 3.05) is 18.9 Å². The maximum absolute atomic E-state index is 7.10. The van der Waals surface area contributed by atoms with Crippen molar-refractivity contribution >= 4 is 46.0 Å². The van der Waals surface area contributed by atoms with Crippen LogP contribution in [0.5, 0.6) is 0 Å². The Morgan fingerprint density at radius 1 is 1.06 bits per heavy atom. The largest absolute Gasteiger partial charge is 0.405 e. The molecule has 0 bridgehead atoms. The Morgan fingerprint density at radius 2 is 1.69 bits per heavy atom. The molecule has 2 unspecified atom stereocenters. The zero-order valence-electron chi connectivity index (χ0n) is 21.0. The number of hydrogen-bond donors (Lipinski definition) is 1. The van der Waals surface area contributed by atoms with E-state index >= 15 is 0 Å². The summed E-state index contributed by atoms with van der Waals surface area (Å²) in [5.41, 5.74) is 6.90. The van der Waals surface area contributed by atoms with Crippen molar-refractivity contribution in [3.8, 4) is 0 Å². The van der Waals surface area contributed by atoms with Crippen molar-refractivity contribution < 1.29 is 9.16 Å². The van der Waals surface area contributed by atoms with Crippen LogP contribution in [-0.2, 0) is 9.16 Å². The van der Waals surface area contributed by atoms with Gasteiger partial charge in [0.2, 0.25) is 0 Å². The monoisotopic (exact) mass is 564 g/mol. The number of imidazole rings is 1. The van der Waals surface area contributed by atoms with Crippen LogP contribution in [0.25, 0.3) is 5.52 Å². The fraction of sp³-hybridized carbons (Fsp3) is 0.357. The molecule has 1 aliphatic rings. The van der Waals surface area contributed by atoms with E-state index in [0.717, 1.165) is 28.8 Å². The van der Waals surface area contributed by atoms with Crippen LogP contribution in [0.4, 0.5) is 5.82 Å². The van der Waals surface area contributed by atoms with Gasteiger partial charge in [-0.1, -0.05) is 81.4 Å². The van der Waals surface area contributed by atoms with Crippen LogP contribution in [0.15, 0.2) is 77.7 Å². The van der Waals surface area contributed by atoms with E-state index in [-0.39, 0.29) is 17.1 Å². The number of benzene rings is 2. The van der Waals surface area contributed by atoms with Gasteiger partial charge < -0.3 is 14.9 Å². The lowest BCUT2D eigenvalue weighted by Gasteiger charge is -2.44. The molecule has 3 heterocycles. The standard InChI is InChI=1S/C28H33BrN4O2Si/c1-28(2,3)36(22-10-6-4-7-11-22,23-12-8-5-9-13-23)35-19-21-15-14-20(18-34-21)27-32-25(29)24-26(30)31-16-17-33(24)27/h4-13,16-17,20-21H,14-15,18-19H2,1-3H3,(H2,30,31). The van der Waals surface area contributed by atoms with Crippen LogP contribution in [-0.4, -0.2) is 42.0 Å². The van der Waals surface area contributed by atoms with E-state index in [1.54, 1.807) is 6.20 Å². The Kier molecular flexibility index (Phi) is 7.04. The van der Waals surface area contributed by atoms with Gasteiger partial charge in [0.25, 0.3) is 8.32 Å². The Hall–Kier alpha value is -2.52. The summed E-state index contributed by atoms with van der Waals surface area (Å²) >= 11 is 3.55. The molecule has 0 saturated carbocycles. The normalized spacial score (nSPS) is 19.0. The number of anilines is 1. The molecule has 0 spiro atoms. The second kappa shape index (κ2) is 10.1. The smallest absolute Gasteiger partial charge is 0.261 e. The molecule has 6 nitrogen and oxygen atoms in total. The zero-order chi connectivity index (χ0) is 25.3. The third-order valence-corrected chi connectivity index (χ3v) is 12.8. The first-order valence-electron chi connectivity index (χ1n) is 12.5. The fourth-order valence-electron chi connectivity index (χ4n) is 5.45. The van der Waals surface area contributed by atoms with E-state index in [9.17, 15) is 0 Å². The second-order valence-corrected chi connectivity index (χ2v) is 15.6. The molecule has 36 heavy (non-hydrogen) atoms. The van der Waals surface area contributed by atoms with Gasteiger partial charge in [-0.2, -0.15) is 0 Å². The first-order chi connectivity index (χ1) is 17.3. The summed E-state index contributed by atoms with van der Waals surface area (Å²) in [6.07, 6.45) is 5.56. The van der Waals surface area contributed by atoms with Crippen LogP contribution in [0, 0.1) is 0 Å². The lowest BCUT2D eigenvalue weighted by Crippen LogP contribution is -2.67. The van der Waals surface area contributed by atoms with Crippen LogP contribution < -0.4 is 16.1 Å². The van der Waals surface area contributed by atoms with Crippen molar-refractivity contribution in [3.05, 3.63) is 83.5 Å². The fourth-order valence-corrected chi connectivity index (χ4v) is 10.6. The molecule has 2 N–H and O–H groups in total. The minimum absolute atomic E-state index is 0.0457. The number of halogens is 1. The topological polar surface area (TPSA) is 74.7 Å².